The lowest BCUT2D eigenvalue weighted by Gasteiger charge is -2.03. The Morgan fingerprint density at radius 3 is 3.06 bits per heavy atom. The zero-order chi connectivity index (χ0) is 11.9. The molecule has 0 unspecified atom stereocenters. The van der Waals surface area contributed by atoms with Gasteiger partial charge in [0, 0.05) is 18.3 Å². The summed E-state index contributed by atoms with van der Waals surface area (Å²) in [5.74, 6) is -0.143. The van der Waals surface area contributed by atoms with Crippen molar-refractivity contribution in [2.24, 2.45) is 0 Å². The van der Waals surface area contributed by atoms with Gasteiger partial charge in [0.25, 0.3) is 5.91 Å². The maximum atomic E-state index is 11.6. The van der Waals surface area contributed by atoms with Crippen LogP contribution in [0.1, 0.15) is 22.5 Å². The summed E-state index contributed by atoms with van der Waals surface area (Å²) in [6, 6.07) is 5.26. The van der Waals surface area contributed by atoms with Gasteiger partial charge in [0.05, 0.1) is 6.20 Å². The Morgan fingerprint density at radius 2 is 2.35 bits per heavy atom. The van der Waals surface area contributed by atoms with Crippen molar-refractivity contribution in [3.05, 3.63) is 48.1 Å². The number of hydrogen-bond acceptors (Lipinski definition) is 4. The molecule has 0 radical (unpaired) electrons. The van der Waals surface area contributed by atoms with Crippen LogP contribution in [0, 0.1) is 0 Å². The highest BCUT2D eigenvalue weighted by Crippen LogP contribution is 2.00. The van der Waals surface area contributed by atoms with E-state index in [-0.39, 0.29) is 5.91 Å². The number of nitrogens with one attached hydrogen (secondary N) is 1. The van der Waals surface area contributed by atoms with E-state index < -0.39 is 0 Å². The summed E-state index contributed by atoms with van der Waals surface area (Å²) in [6.07, 6.45) is 6.58. The zero-order valence-electron chi connectivity index (χ0n) is 9.30. The first-order valence-electron chi connectivity index (χ1n) is 5.44. The van der Waals surface area contributed by atoms with Crippen molar-refractivity contribution in [3.63, 3.8) is 0 Å². The van der Waals surface area contributed by atoms with Crippen LogP contribution in [0.3, 0.4) is 0 Å². The molecule has 5 nitrogen and oxygen atoms in total. The summed E-state index contributed by atoms with van der Waals surface area (Å²) < 4.78 is 4.71. The second-order valence-corrected chi connectivity index (χ2v) is 3.61. The van der Waals surface area contributed by atoms with E-state index in [9.17, 15) is 4.79 Å². The second-order valence-electron chi connectivity index (χ2n) is 3.61. The fourth-order valence-corrected chi connectivity index (χ4v) is 1.43. The molecule has 0 aliphatic carbocycles. The molecule has 0 saturated carbocycles. The van der Waals surface area contributed by atoms with Crippen molar-refractivity contribution in [3.8, 4) is 0 Å². The number of rotatable bonds is 5. The van der Waals surface area contributed by atoms with E-state index in [1.165, 1.54) is 0 Å². The standard InChI is InChI=1S/C12H13N3O2/c16-12(11-5-1-2-6-13-11)14-7-3-4-10-8-15-17-9-10/h1-2,5-6,8-9H,3-4,7H2,(H,14,16). The molecule has 0 aliphatic rings. The molecule has 0 fully saturated rings. The van der Waals surface area contributed by atoms with Crippen molar-refractivity contribution < 1.29 is 9.32 Å². The van der Waals surface area contributed by atoms with E-state index in [0.29, 0.717) is 12.2 Å². The van der Waals surface area contributed by atoms with Crippen molar-refractivity contribution in [1.82, 2.24) is 15.5 Å². The summed E-state index contributed by atoms with van der Waals surface area (Å²) in [7, 11) is 0. The smallest absolute Gasteiger partial charge is 0.269 e. The van der Waals surface area contributed by atoms with Gasteiger partial charge in [-0.05, 0) is 25.0 Å². The van der Waals surface area contributed by atoms with Crippen LogP contribution in [0.2, 0.25) is 0 Å². The minimum Gasteiger partial charge on any atom is -0.364 e. The third-order valence-electron chi connectivity index (χ3n) is 2.31. The van der Waals surface area contributed by atoms with Crippen molar-refractivity contribution in [1.29, 1.82) is 0 Å². The van der Waals surface area contributed by atoms with Gasteiger partial charge in [-0.15, -0.1) is 0 Å². The lowest BCUT2D eigenvalue weighted by molar-refractivity contribution is 0.0948. The topological polar surface area (TPSA) is 68.0 Å². The van der Waals surface area contributed by atoms with Crippen LogP contribution in [-0.4, -0.2) is 22.6 Å². The molecule has 1 N–H and O–H groups in total. The molecule has 5 heteroatoms. The lowest BCUT2D eigenvalue weighted by Crippen LogP contribution is -2.25. The van der Waals surface area contributed by atoms with Crippen molar-refractivity contribution in [2.75, 3.05) is 6.54 Å². The molecule has 0 aromatic carbocycles. The fraction of sp³-hybridized carbons (Fsp3) is 0.250. The lowest BCUT2D eigenvalue weighted by atomic mass is 10.2. The van der Waals surface area contributed by atoms with Crippen molar-refractivity contribution in [2.45, 2.75) is 12.8 Å². The first-order chi connectivity index (χ1) is 8.36. The fourth-order valence-electron chi connectivity index (χ4n) is 1.43. The molecular formula is C12H13N3O2. The number of amides is 1. The van der Waals surface area contributed by atoms with E-state index in [0.717, 1.165) is 18.4 Å². The predicted octanol–water partition coefficient (Wildman–Crippen LogP) is 1.43. The van der Waals surface area contributed by atoms with Gasteiger partial charge < -0.3 is 9.84 Å². The number of aromatic nitrogens is 2. The third-order valence-corrected chi connectivity index (χ3v) is 2.31. The maximum absolute atomic E-state index is 11.6. The average Bonchev–Trinajstić information content (AvgIpc) is 2.88. The molecule has 0 aliphatic heterocycles. The van der Waals surface area contributed by atoms with Gasteiger partial charge >= 0.3 is 0 Å². The minimum absolute atomic E-state index is 0.143. The largest absolute Gasteiger partial charge is 0.364 e. The molecule has 2 rings (SSSR count). The van der Waals surface area contributed by atoms with Crippen LogP contribution >= 0.6 is 0 Å². The molecular weight excluding hydrogens is 218 g/mol. The quantitative estimate of drug-likeness (QED) is 0.790. The summed E-state index contributed by atoms with van der Waals surface area (Å²) in [5.41, 5.74) is 1.48. The van der Waals surface area contributed by atoms with Gasteiger partial charge in [0.2, 0.25) is 0 Å². The number of carbonyl (C=O) groups is 1. The van der Waals surface area contributed by atoms with E-state index in [4.69, 9.17) is 4.52 Å². The summed E-state index contributed by atoms with van der Waals surface area (Å²) in [4.78, 5) is 15.6. The van der Waals surface area contributed by atoms with Gasteiger partial charge in [0.15, 0.2) is 0 Å². The minimum atomic E-state index is -0.143. The molecule has 88 valence electrons. The molecule has 0 spiro atoms. The van der Waals surface area contributed by atoms with E-state index >= 15 is 0 Å². The summed E-state index contributed by atoms with van der Waals surface area (Å²) in [5, 5.41) is 6.42. The monoisotopic (exact) mass is 231 g/mol. The number of carbonyl (C=O) groups excluding carboxylic acids is 1. The van der Waals surface area contributed by atoms with Crippen LogP contribution in [0.5, 0.6) is 0 Å². The molecule has 0 atom stereocenters. The average molecular weight is 231 g/mol. The molecule has 2 aromatic rings. The van der Waals surface area contributed by atoms with Gasteiger partial charge in [-0.1, -0.05) is 11.2 Å². The van der Waals surface area contributed by atoms with Gasteiger partial charge in [-0.2, -0.15) is 0 Å². The van der Waals surface area contributed by atoms with E-state index in [1.54, 1.807) is 36.9 Å². The predicted molar refractivity (Wildman–Crippen MR) is 61.4 cm³/mol. The van der Waals surface area contributed by atoms with Gasteiger partial charge in [-0.25, -0.2) is 0 Å². The van der Waals surface area contributed by atoms with E-state index in [2.05, 4.69) is 15.5 Å². The summed E-state index contributed by atoms with van der Waals surface area (Å²) in [6.45, 7) is 0.612. The molecule has 1 amide bonds. The Labute approximate surface area is 98.8 Å². The molecule has 2 aromatic heterocycles. The number of aryl methyl sites for hydroxylation is 1. The van der Waals surface area contributed by atoms with Crippen LogP contribution in [0.15, 0.2) is 41.4 Å². The molecule has 17 heavy (non-hydrogen) atoms. The highest BCUT2D eigenvalue weighted by Gasteiger charge is 2.04. The highest BCUT2D eigenvalue weighted by molar-refractivity contribution is 5.92. The Balaban J connectivity index is 1.70. The number of nitrogens with zero attached hydrogens (tertiary/aromatic N) is 2. The van der Waals surface area contributed by atoms with Crippen molar-refractivity contribution >= 4 is 5.91 Å². The maximum Gasteiger partial charge on any atom is 0.269 e. The Morgan fingerprint density at radius 1 is 1.41 bits per heavy atom. The molecule has 2 heterocycles. The Hall–Kier alpha value is -2.17. The van der Waals surface area contributed by atoms with Gasteiger partial charge in [0.1, 0.15) is 12.0 Å². The van der Waals surface area contributed by atoms with E-state index in [1.807, 2.05) is 0 Å². The second kappa shape index (κ2) is 5.79. The first-order valence-corrected chi connectivity index (χ1v) is 5.44. The number of pyridine rings is 1. The first kappa shape index (κ1) is 11.3. The van der Waals surface area contributed by atoms with Gasteiger partial charge in [-0.3, -0.25) is 9.78 Å². The molecule has 0 saturated heterocycles. The highest BCUT2D eigenvalue weighted by atomic mass is 16.5. The number of hydrogen-bond donors (Lipinski definition) is 1. The van der Waals surface area contributed by atoms with Crippen LogP contribution in [0.25, 0.3) is 0 Å². The summed E-state index contributed by atoms with van der Waals surface area (Å²) >= 11 is 0. The molecule has 0 bridgehead atoms. The van der Waals surface area contributed by atoms with Crippen LogP contribution < -0.4 is 5.32 Å². The third kappa shape index (κ3) is 3.41. The zero-order valence-corrected chi connectivity index (χ0v) is 9.30. The van der Waals surface area contributed by atoms with Crippen LogP contribution in [-0.2, 0) is 6.42 Å². The SMILES string of the molecule is O=C(NCCCc1cnoc1)c1ccccn1. The Kier molecular flexibility index (Phi) is 3.85. The van der Waals surface area contributed by atoms with Crippen LogP contribution in [0.4, 0.5) is 0 Å². The Bertz CT molecular complexity index is 454. The normalized spacial score (nSPS) is 10.1.